The fraction of sp³-hybridized carbons (Fsp3) is 0.533. The monoisotopic (exact) mass is 417 g/mol. The summed E-state index contributed by atoms with van der Waals surface area (Å²) >= 11 is 0. The molecule has 0 saturated carbocycles. The van der Waals surface area contributed by atoms with Gasteiger partial charge in [-0.1, -0.05) is 12.8 Å². The third kappa shape index (κ3) is 9.25. The highest BCUT2D eigenvalue weighted by Crippen LogP contribution is 2.34. The number of sulfonamides is 1. The van der Waals surface area contributed by atoms with Crippen LogP contribution in [0.15, 0.2) is 18.2 Å². The predicted molar refractivity (Wildman–Crippen MR) is 97.9 cm³/mol. The third-order valence-electron chi connectivity index (χ3n) is 3.27. The molecule has 0 saturated heterocycles. The van der Waals surface area contributed by atoms with Crippen molar-refractivity contribution in [3.05, 3.63) is 23.8 Å². The van der Waals surface area contributed by atoms with E-state index in [0.717, 1.165) is 37.7 Å². The average Bonchev–Trinajstić information content (AvgIpc) is 2.46. The lowest BCUT2D eigenvalue weighted by Crippen LogP contribution is -2.17. The molecule has 0 unspecified atom stereocenters. The van der Waals surface area contributed by atoms with Crippen molar-refractivity contribution < 1.29 is 26.4 Å². The first-order valence-electron chi connectivity index (χ1n) is 7.72. The first-order valence-corrected chi connectivity index (χ1v) is 9.61. The lowest BCUT2D eigenvalue weighted by molar-refractivity contribution is -0.137. The topological polar surface area (TPSA) is 101 Å². The van der Waals surface area contributed by atoms with E-state index >= 15 is 0 Å². The number of carbonyl (C=O) groups excluding carboxylic acids is 1. The van der Waals surface area contributed by atoms with E-state index in [1.807, 2.05) is 0 Å². The standard InChI is InChI=1S/C15H22F3N3O3S.ClH/c1-25(23,24)21-12-8-7-11(15(16,17)18)10-13(12)20-14(22)6-4-2-3-5-9-19;/h7-8,10,21H,2-6,9,19H2,1H3,(H,20,22);1H. The molecule has 1 aromatic rings. The number of alkyl halides is 3. The molecule has 150 valence electrons. The van der Waals surface area contributed by atoms with Crippen LogP contribution in [0.1, 0.15) is 37.7 Å². The van der Waals surface area contributed by atoms with Crippen molar-refractivity contribution >= 4 is 39.7 Å². The molecule has 0 bridgehead atoms. The number of amides is 1. The summed E-state index contributed by atoms with van der Waals surface area (Å²) in [6, 6.07) is 2.43. The Morgan fingerprint density at radius 1 is 1.12 bits per heavy atom. The van der Waals surface area contributed by atoms with E-state index in [1.165, 1.54) is 0 Å². The third-order valence-corrected chi connectivity index (χ3v) is 3.87. The van der Waals surface area contributed by atoms with Crippen LogP contribution < -0.4 is 15.8 Å². The number of unbranched alkanes of at least 4 members (excludes halogenated alkanes) is 3. The number of hydrogen-bond acceptors (Lipinski definition) is 4. The van der Waals surface area contributed by atoms with Crippen LogP contribution in [0.25, 0.3) is 0 Å². The number of hydrogen-bond donors (Lipinski definition) is 3. The number of anilines is 2. The van der Waals surface area contributed by atoms with Crippen molar-refractivity contribution in [1.82, 2.24) is 0 Å². The minimum Gasteiger partial charge on any atom is -0.330 e. The summed E-state index contributed by atoms with van der Waals surface area (Å²) in [4.78, 5) is 11.9. The van der Waals surface area contributed by atoms with Crippen molar-refractivity contribution in [2.24, 2.45) is 5.73 Å². The van der Waals surface area contributed by atoms with Gasteiger partial charge in [-0.2, -0.15) is 13.2 Å². The molecule has 0 aliphatic carbocycles. The summed E-state index contributed by atoms with van der Waals surface area (Å²) in [6.45, 7) is 0.566. The van der Waals surface area contributed by atoms with Crippen LogP contribution in [0.5, 0.6) is 0 Å². The van der Waals surface area contributed by atoms with E-state index in [1.54, 1.807) is 0 Å². The minimum absolute atomic E-state index is 0. The van der Waals surface area contributed by atoms with Crippen molar-refractivity contribution in [3.8, 4) is 0 Å². The van der Waals surface area contributed by atoms with Gasteiger partial charge < -0.3 is 11.1 Å². The van der Waals surface area contributed by atoms with E-state index in [-0.39, 0.29) is 30.2 Å². The summed E-state index contributed by atoms with van der Waals surface area (Å²) < 4.78 is 63.3. The SMILES string of the molecule is CS(=O)(=O)Nc1ccc(C(F)(F)F)cc1NC(=O)CCCCCCN.Cl. The fourth-order valence-corrected chi connectivity index (χ4v) is 2.69. The average molecular weight is 418 g/mol. The van der Waals surface area contributed by atoms with Crippen molar-refractivity contribution in [1.29, 1.82) is 0 Å². The van der Waals surface area contributed by atoms with Crippen LogP contribution in [0.2, 0.25) is 0 Å². The Bertz CT molecular complexity index is 697. The second-order valence-corrected chi connectivity index (χ2v) is 7.38. The van der Waals surface area contributed by atoms with Crippen molar-refractivity contribution in [2.45, 2.75) is 38.3 Å². The van der Waals surface area contributed by atoms with Gasteiger partial charge in [0, 0.05) is 6.42 Å². The number of halogens is 4. The zero-order valence-electron chi connectivity index (χ0n) is 14.2. The molecule has 0 spiro atoms. The highest BCUT2D eigenvalue weighted by Gasteiger charge is 2.31. The van der Waals surface area contributed by atoms with Gasteiger partial charge in [-0.25, -0.2) is 8.42 Å². The zero-order chi connectivity index (χ0) is 19.1. The lowest BCUT2D eigenvalue weighted by Gasteiger charge is -2.15. The first kappa shape index (κ1) is 24.5. The maximum absolute atomic E-state index is 12.8. The quantitative estimate of drug-likeness (QED) is 0.536. The van der Waals surface area contributed by atoms with E-state index in [4.69, 9.17) is 5.73 Å². The highest BCUT2D eigenvalue weighted by atomic mass is 35.5. The Labute approximate surface area is 157 Å². The summed E-state index contributed by atoms with van der Waals surface area (Å²) in [5.74, 6) is -0.483. The Balaban J connectivity index is 0.00000625. The van der Waals surface area contributed by atoms with Gasteiger partial charge in [-0.05, 0) is 37.6 Å². The molecule has 0 heterocycles. The van der Waals surface area contributed by atoms with Gasteiger partial charge in [0.25, 0.3) is 0 Å². The van der Waals surface area contributed by atoms with E-state index in [0.29, 0.717) is 19.0 Å². The van der Waals surface area contributed by atoms with Crippen molar-refractivity contribution in [2.75, 3.05) is 22.8 Å². The van der Waals surface area contributed by atoms with Gasteiger partial charge in [-0.15, -0.1) is 12.4 Å². The first-order chi connectivity index (χ1) is 11.5. The normalized spacial score (nSPS) is 11.6. The molecule has 1 amide bonds. The summed E-state index contributed by atoms with van der Waals surface area (Å²) in [6.07, 6.45) is -0.550. The summed E-state index contributed by atoms with van der Waals surface area (Å²) in [5, 5.41) is 2.35. The van der Waals surface area contributed by atoms with Crippen LogP contribution in [0.3, 0.4) is 0 Å². The Morgan fingerprint density at radius 2 is 1.73 bits per heavy atom. The van der Waals surface area contributed by atoms with Crippen LogP contribution in [-0.4, -0.2) is 27.1 Å². The molecular weight excluding hydrogens is 395 g/mol. The molecule has 0 aliphatic rings. The highest BCUT2D eigenvalue weighted by molar-refractivity contribution is 7.92. The lowest BCUT2D eigenvalue weighted by atomic mass is 10.1. The molecule has 1 aromatic carbocycles. The van der Waals surface area contributed by atoms with Crippen LogP contribution in [0, 0.1) is 0 Å². The second-order valence-electron chi connectivity index (χ2n) is 5.63. The Kier molecular flexibility index (Phi) is 9.97. The second kappa shape index (κ2) is 10.6. The Hall–Kier alpha value is -1.52. The number of nitrogens with two attached hydrogens (primary N) is 1. The van der Waals surface area contributed by atoms with Gasteiger partial charge in [0.2, 0.25) is 15.9 Å². The number of benzene rings is 1. The maximum atomic E-state index is 12.8. The minimum atomic E-state index is -4.61. The number of nitrogens with one attached hydrogen (secondary N) is 2. The largest absolute Gasteiger partial charge is 0.416 e. The summed E-state index contributed by atoms with van der Waals surface area (Å²) in [7, 11) is -3.71. The van der Waals surface area contributed by atoms with Gasteiger partial charge >= 0.3 is 6.18 Å². The summed E-state index contributed by atoms with van der Waals surface area (Å²) in [5.41, 5.74) is 4.03. The van der Waals surface area contributed by atoms with Gasteiger partial charge in [0.15, 0.2) is 0 Å². The number of rotatable bonds is 9. The molecule has 0 aromatic heterocycles. The van der Waals surface area contributed by atoms with Crippen LogP contribution >= 0.6 is 12.4 Å². The molecule has 0 aliphatic heterocycles. The van der Waals surface area contributed by atoms with Gasteiger partial charge in [-0.3, -0.25) is 9.52 Å². The maximum Gasteiger partial charge on any atom is 0.416 e. The van der Waals surface area contributed by atoms with E-state index < -0.39 is 27.7 Å². The molecular formula is C15H23ClF3N3O3S. The number of carbonyl (C=O) groups is 1. The molecule has 6 nitrogen and oxygen atoms in total. The molecule has 4 N–H and O–H groups in total. The Morgan fingerprint density at radius 3 is 2.27 bits per heavy atom. The van der Waals surface area contributed by atoms with E-state index in [2.05, 4.69) is 10.0 Å². The van der Waals surface area contributed by atoms with Gasteiger partial charge in [0.1, 0.15) is 0 Å². The fourth-order valence-electron chi connectivity index (χ4n) is 2.11. The molecule has 26 heavy (non-hydrogen) atoms. The molecule has 11 heteroatoms. The predicted octanol–water partition coefficient (Wildman–Crippen LogP) is 3.35. The van der Waals surface area contributed by atoms with Crippen LogP contribution in [0.4, 0.5) is 24.5 Å². The van der Waals surface area contributed by atoms with Crippen LogP contribution in [-0.2, 0) is 21.0 Å². The molecule has 1 rings (SSSR count). The van der Waals surface area contributed by atoms with E-state index in [9.17, 15) is 26.4 Å². The molecule has 0 fully saturated rings. The molecule has 0 atom stereocenters. The zero-order valence-corrected chi connectivity index (χ0v) is 15.9. The smallest absolute Gasteiger partial charge is 0.330 e. The molecule has 0 radical (unpaired) electrons. The van der Waals surface area contributed by atoms with Gasteiger partial charge in [0.05, 0.1) is 23.2 Å². The van der Waals surface area contributed by atoms with Crippen molar-refractivity contribution in [3.63, 3.8) is 0 Å².